The maximum atomic E-state index is 12.6. The van der Waals surface area contributed by atoms with Crippen molar-refractivity contribution in [3.05, 3.63) is 153 Å². The molecule has 0 aliphatic heterocycles. The first-order valence-electron chi connectivity index (χ1n) is 17.4. The van der Waals surface area contributed by atoms with Crippen molar-refractivity contribution in [1.82, 2.24) is 4.31 Å². The maximum absolute atomic E-state index is 12.6. The molecule has 0 aliphatic rings. The Labute approximate surface area is 311 Å². The second kappa shape index (κ2) is 19.8. The molecule has 0 spiro atoms. The molecule has 2 nitrogen and oxygen atoms in total. The average molecular weight is 717 g/mol. The van der Waals surface area contributed by atoms with Crippen LogP contribution >= 0.6 is 11.9 Å². The van der Waals surface area contributed by atoms with E-state index in [9.17, 15) is 13.2 Å². The van der Waals surface area contributed by atoms with E-state index in [0.717, 1.165) is 44.6 Å². The van der Waals surface area contributed by atoms with Crippen molar-refractivity contribution in [3.63, 3.8) is 0 Å². The summed E-state index contributed by atoms with van der Waals surface area (Å²) in [5.41, 5.74) is 11.9. The van der Waals surface area contributed by atoms with Crippen LogP contribution in [0, 0.1) is 38.2 Å². The van der Waals surface area contributed by atoms with Crippen LogP contribution in [-0.4, -0.2) is 17.1 Å². The first-order chi connectivity index (χ1) is 23.6. The minimum atomic E-state index is -1.13. The second-order valence-electron chi connectivity index (χ2n) is 13.9. The van der Waals surface area contributed by atoms with Crippen molar-refractivity contribution in [2.45, 2.75) is 101 Å². The third-order valence-corrected chi connectivity index (χ3v) is 9.92. The van der Waals surface area contributed by atoms with Gasteiger partial charge < -0.3 is 4.90 Å². The summed E-state index contributed by atoms with van der Waals surface area (Å²) in [5, 5.41) is 0. The van der Waals surface area contributed by atoms with Crippen molar-refractivity contribution >= 4 is 23.7 Å². The molecular weight excluding hydrogens is 658 g/mol. The van der Waals surface area contributed by atoms with E-state index in [1.54, 1.807) is 11.9 Å². The van der Waals surface area contributed by atoms with Gasteiger partial charge in [-0.15, -0.1) is 0 Å². The molecule has 0 atom stereocenters. The lowest BCUT2D eigenvalue weighted by Gasteiger charge is -2.32. The van der Waals surface area contributed by atoms with Gasteiger partial charge in [-0.1, -0.05) is 128 Å². The Morgan fingerprint density at radius 3 is 2.04 bits per heavy atom. The van der Waals surface area contributed by atoms with Gasteiger partial charge in [-0.25, -0.2) is 17.5 Å². The molecule has 0 saturated heterocycles. The molecule has 0 radical (unpaired) electrons. The van der Waals surface area contributed by atoms with E-state index in [-0.39, 0.29) is 24.0 Å². The van der Waals surface area contributed by atoms with E-state index in [1.807, 2.05) is 6.08 Å². The summed E-state index contributed by atoms with van der Waals surface area (Å²) in [6.07, 6.45) is 7.39. The molecular formula is C45H59F3N2S. The molecule has 276 valence electrons. The molecule has 0 fully saturated rings. The third-order valence-electron chi connectivity index (χ3n) is 9.14. The Bertz CT molecular complexity index is 1750. The molecule has 0 heterocycles. The number of hydrogen-bond donors (Lipinski definition) is 0. The van der Waals surface area contributed by atoms with Gasteiger partial charge in [0.1, 0.15) is 5.82 Å². The minimum Gasteiger partial charge on any atom is -0.340 e. The highest BCUT2D eigenvalue weighted by atomic mass is 32.2. The summed E-state index contributed by atoms with van der Waals surface area (Å²) in [4.78, 5) is 2.41. The van der Waals surface area contributed by atoms with E-state index in [4.69, 9.17) is 0 Å². The van der Waals surface area contributed by atoms with Gasteiger partial charge >= 0.3 is 0 Å². The lowest BCUT2D eigenvalue weighted by atomic mass is 9.84. The van der Waals surface area contributed by atoms with Crippen LogP contribution in [-0.2, 0) is 31.3 Å². The van der Waals surface area contributed by atoms with E-state index >= 15 is 0 Å². The van der Waals surface area contributed by atoms with Gasteiger partial charge in [-0.2, -0.15) is 0 Å². The zero-order valence-electron chi connectivity index (χ0n) is 31.5. The highest BCUT2D eigenvalue weighted by Gasteiger charge is 2.20. The first kappa shape index (κ1) is 43.4. The highest BCUT2D eigenvalue weighted by Crippen LogP contribution is 2.30. The monoisotopic (exact) mass is 716 g/mol. The molecule has 0 unspecified atom stereocenters. The summed E-state index contributed by atoms with van der Waals surface area (Å²) in [6, 6.07) is 23.2. The molecule has 0 aliphatic carbocycles. The number of rotatable bonds is 13. The largest absolute Gasteiger partial charge is 0.340 e. The van der Waals surface area contributed by atoms with E-state index in [0.29, 0.717) is 6.07 Å². The standard InChI is InChI=1S/C36H48N2S.C8H7F3.CH4/c1-10-15-29-21-30(23-34(22-29)36(6,7)8)25-38(35-19-18-31(11-2)27(4)20-35)28(5)24-37(39-9)26-33-17-14-13-16-32(33)12-3;1-4-5(2)8(11)7(10)3-6(4)9;/h11,13-14,16-23H,2,5,10,12,15,24-26H2,1,3-4,6-9H3;3H,1-2H3;1H4. The van der Waals surface area contributed by atoms with Crippen LogP contribution < -0.4 is 4.90 Å². The molecule has 0 saturated carbocycles. The Morgan fingerprint density at radius 2 is 1.47 bits per heavy atom. The van der Waals surface area contributed by atoms with E-state index < -0.39 is 17.5 Å². The fraction of sp³-hybridized carbons (Fsp3) is 0.378. The summed E-state index contributed by atoms with van der Waals surface area (Å²) in [5.74, 6) is -2.81. The van der Waals surface area contributed by atoms with E-state index in [1.165, 1.54) is 58.5 Å². The van der Waals surface area contributed by atoms with Crippen LogP contribution in [0.5, 0.6) is 0 Å². The molecule has 4 aromatic rings. The fourth-order valence-corrected chi connectivity index (χ4v) is 6.42. The maximum Gasteiger partial charge on any atom is 0.162 e. The van der Waals surface area contributed by atoms with Crippen molar-refractivity contribution in [1.29, 1.82) is 0 Å². The van der Waals surface area contributed by atoms with E-state index in [2.05, 4.69) is 131 Å². The van der Waals surface area contributed by atoms with Crippen LogP contribution in [0.25, 0.3) is 6.08 Å². The normalized spacial score (nSPS) is 11.1. The van der Waals surface area contributed by atoms with Crippen LogP contribution in [0.1, 0.15) is 98.5 Å². The quantitative estimate of drug-likeness (QED) is 0.100. The summed E-state index contributed by atoms with van der Waals surface area (Å²) in [6.45, 7) is 27.4. The average Bonchev–Trinajstić information content (AvgIpc) is 3.08. The molecule has 0 amide bonds. The Balaban J connectivity index is 0.000000640. The Morgan fingerprint density at radius 1 is 0.824 bits per heavy atom. The molecule has 6 heteroatoms. The molecule has 4 rings (SSSR count). The number of benzene rings is 4. The number of nitrogens with zero attached hydrogens (tertiary/aromatic N) is 2. The molecule has 51 heavy (non-hydrogen) atoms. The predicted molar refractivity (Wildman–Crippen MR) is 218 cm³/mol. The van der Waals surface area contributed by atoms with Gasteiger partial charge in [0, 0.05) is 37.1 Å². The second-order valence-corrected chi connectivity index (χ2v) is 14.8. The molecule has 4 aromatic carbocycles. The zero-order chi connectivity index (χ0) is 37.2. The van der Waals surface area contributed by atoms with Crippen molar-refractivity contribution in [2.75, 3.05) is 17.7 Å². The summed E-state index contributed by atoms with van der Waals surface area (Å²) in [7, 11) is 0. The van der Waals surface area contributed by atoms with Gasteiger partial charge in [-0.3, -0.25) is 0 Å². The zero-order valence-corrected chi connectivity index (χ0v) is 32.3. The van der Waals surface area contributed by atoms with Crippen LogP contribution in [0.15, 0.2) is 85.6 Å². The number of anilines is 1. The smallest absolute Gasteiger partial charge is 0.162 e. The van der Waals surface area contributed by atoms with Gasteiger partial charge in [-0.05, 0) is 107 Å². The van der Waals surface area contributed by atoms with Crippen molar-refractivity contribution in [2.24, 2.45) is 0 Å². The third kappa shape index (κ3) is 11.9. The van der Waals surface area contributed by atoms with Crippen LogP contribution in [0.3, 0.4) is 0 Å². The van der Waals surface area contributed by atoms with Gasteiger partial charge in [0.25, 0.3) is 0 Å². The molecule has 0 bridgehead atoms. The van der Waals surface area contributed by atoms with Gasteiger partial charge in [0.15, 0.2) is 11.6 Å². The van der Waals surface area contributed by atoms with Crippen molar-refractivity contribution in [3.8, 4) is 0 Å². The summed E-state index contributed by atoms with van der Waals surface area (Å²) < 4.78 is 40.1. The molecule has 0 aromatic heterocycles. The summed E-state index contributed by atoms with van der Waals surface area (Å²) >= 11 is 1.79. The lowest BCUT2D eigenvalue weighted by molar-refractivity contribution is 0.486. The minimum absolute atomic E-state index is 0. The number of halogens is 3. The number of aryl methyl sites for hydroxylation is 3. The van der Waals surface area contributed by atoms with Gasteiger partial charge in [0.05, 0.1) is 0 Å². The first-order valence-corrected chi connectivity index (χ1v) is 18.6. The van der Waals surface area contributed by atoms with Gasteiger partial charge in [0.2, 0.25) is 0 Å². The Kier molecular flexibility index (Phi) is 16.8. The lowest BCUT2D eigenvalue weighted by Crippen LogP contribution is -2.29. The van der Waals surface area contributed by atoms with Crippen LogP contribution in [0.2, 0.25) is 0 Å². The topological polar surface area (TPSA) is 6.48 Å². The predicted octanol–water partition coefficient (Wildman–Crippen LogP) is 13.1. The highest BCUT2D eigenvalue weighted by molar-refractivity contribution is 7.96. The fourth-order valence-electron chi connectivity index (χ4n) is 5.87. The number of hydrogen-bond acceptors (Lipinski definition) is 3. The van der Waals surface area contributed by atoms with Crippen molar-refractivity contribution < 1.29 is 13.2 Å². The van der Waals surface area contributed by atoms with Crippen LogP contribution in [0.4, 0.5) is 18.9 Å². The SMILES string of the molecule is C.C=Cc1ccc(N(Cc2cc(CCC)cc(C(C)(C)C)c2)C(=C)CN(Cc2ccccc2CC)SC)cc1C.Cc1c(F)cc(F)c(F)c1C. The Hall–Kier alpha value is -3.74. The molecule has 0 N–H and O–H groups in total.